The minimum Gasteiger partial charge on any atom is -0.368 e. The molecule has 70 valence electrons. The highest BCUT2D eigenvalue weighted by Crippen LogP contribution is 2.36. The average molecular weight is 178 g/mol. The van der Waals surface area contributed by atoms with Gasteiger partial charge in [0.1, 0.15) is 0 Å². The van der Waals surface area contributed by atoms with Crippen molar-refractivity contribution in [3.05, 3.63) is 18.0 Å². The summed E-state index contributed by atoms with van der Waals surface area (Å²) in [6.07, 6.45) is 5.31. The van der Waals surface area contributed by atoms with Gasteiger partial charge in [0, 0.05) is 12.2 Å². The molecule has 4 heteroatoms. The van der Waals surface area contributed by atoms with Crippen LogP contribution < -0.4 is 11.5 Å². The quantitative estimate of drug-likeness (QED) is 0.719. The fraction of sp³-hybridized carbons (Fsp3) is 0.556. The normalized spacial score (nSPS) is 18.5. The zero-order chi connectivity index (χ0) is 9.26. The van der Waals surface area contributed by atoms with Crippen LogP contribution in [0.1, 0.15) is 31.0 Å². The average Bonchev–Trinajstić information content (AvgIpc) is 2.88. The summed E-state index contributed by atoms with van der Waals surface area (Å²) in [5.41, 5.74) is 12.3. The fourth-order valence-corrected chi connectivity index (χ4v) is 1.43. The third kappa shape index (κ3) is 2.15. The second kappa shape index (κ2) is 3.30. The van der Waals surface area contributed by atoms with Gasteiger partial charge in [0.15, 0.2) is 0 Å². The van der Waals surface area contributed by atoms with Crippen LogP contribution in [0.15, 0.2) is 12.3 Å². The van der Waals surface area contributed by atoms with E-state index >= 15 is 0 Å². The Morgan fingerprint density at radius 2 is 2.31 bits per heavy atom. The SMILES string of the molecule is Nc1nccc(C(N)CC2CC2)n1. The lowest BCUT2D eigenvalue weighted by molar-refractivity contribution is 0.583. The lowest BCUT2D eigenvalue weighted by atomic mass is 10.1. The Morgan fingerprint density at radius 3 is 2.92 bits per heavy atom. The molecule has 0 bridgehead atoms. The molecule has 4 N–H and O–H groups in total. The Labute approximate surface area is 77.4 Å². The highest BCUT2D eigenvalue weighted by atomic mass is 15.0. The van der Waals surface area contributed by atoms with Crippen LogP contribution >= 0.6 is 0 Å². The lowest BCUT2D eigenvalue weighted by Gasteiger charge is -2.09. The monoisotopic (exact) mass is 178 g/mol. The number of hydrogen-bond acceptors (Lipinski definition) is 4. The number of rotatable bonds is 3. The van der Waals surface area contributed by atoms with Crippen LogP contribution in [0.3, 0.4) is 0 Å². The molecule has 1 saturated carbocycles. The molecular weight excluding hydrogens is 164 g/mol. The van der Waals surface area contributed by atoms with E-state index in [9.17, 15) is 0 Å². The molecule has 1 aromatic heterocycles. The van der Waals surface area contributed by atoms with E-state index in [1.165, 1.54) is 12.8 Å². The van der Waals surface area contributed by atoms with E-state index in [1.54, 1.807) is 6.20 Å². The van der Waals surface area contributed by atoms with Crippen LogP contribution in [0.5, 0.6) is 0 Å². The molecule has 1 fully saturated rings. The minimum atomic E-state index is 0.0257. The standard InChI is InChI=1S/C9H14N4/c10-7(5-6-1-2-6)8-3-4-12-9(11)13-8/h3-4,6-7H,1-2,5,10H2,(H2,11,12,13). The predicted octanol–water partition coefficient (Wildman–Crippen LogP) is 0.859. The summed E-state index contributed by atoms with van der Waals surface area (Å²) in [6.45, 7) is 0. The zero-order valence-corrected chi connectivity index (χ0v) is 7.48. The summed E-state index contributed by atoms with van der Waals surface area (Å²) in [4.78, 5) is 7.92. The lowest BCUT2D eigenvalue weighted by Crippen LogP contribution is -2.13. The number of aromatic nitrogens is 2. The molecule has 1 aromatic rings. The van der Waals surface area contributed by atoms with E-state index in [0.29, 0.717) is 5.95 Å². The Balaban J connectivity index is 2.04. The van der Waals surface area contributed by atoms with Gasteiger partial charge in [-0.15, -0.1) is 0 Å². The van der Waals surface area contributed by atoms with Gasteiger partial charge in [-0.2, -0.15) is 0 Å². The molecule has 0 aliphatic heterocycles. The first kappa shape index (κ1) is 8.44. The van der Waals surface area contributed by atoms with Gasteiger partial charge in [-0.05, 0) is 18.4 Å². The second-order valence-corrected chi connectivity index (χ2v) is 3.63. The van der Waals surface area contributed by atoms with Crippen molar-refractivity contribution in [2.45, 2.75) is 25.3 Å². The summed E-state index contributed by atoms with van der Waals surface area (Å²) in [7, 11) is 0. The molecule has 0 spiro atoms. The molecule has 4 nitrogen and oxygen atoms in total. The Bertz CT molecular complexity index is 295. The largest absolute Gasteiger partial charge is 0.368 e. The van der Waals surface area contributed by atoms with Crippen LogP contribution in [-0.2, 0) is 0 Å². The Morgan fingerprint density at radius 1 is 1.54 bits per heavy atom. The Kier molecular flexibility index (Phi) is 2.14. The molecule has 13 heavy (non-hydrogen) atoms. The van der Waals surface area contributed by atoms with Crippen LogP contribution in [-0.4, -0.2) is 9.97 Å². The van der Waals surface area contributed by atoms with Crippen LogP contribution in [0, 0.1) is 5.92 Å². The highest BCUT2D eigenvalue weighted by Gasteiger charge is 2.24. The molecule has 1 aliphatic carbocycles. The van der Waals surface area contributed by atoms with Gasteiger partial charge in [0.05, 0.1) is 5.69 Å². The van der Waals surface area contributed by atoms with Gasteiger partial charge >= 0.3 is 0 Å². The Hall–Kier alpha value is -1.16. The summed E-state index contributed by atoms with van der Waals surface area (Å²) >= 11 is 0. The molecule has 2 rings (SSSR count). The van der Waals surface area contributed by atoms with Crippen LogP contribution in [0.25, 0.3) is 0 Å². The maximum Gasteiger partial charge on any atom is 0.220 e. The number of hydrogen-bond donors (Lipinski definition) is 2. The van der Waals surface area contributed by atoms with E-state index < -0.39 is 0 Å². The molecule has 1 unspecified atom stereocenters. The van der Waals surface area contributed by atoms with E-state index in [4.69, 9.17) is 11.5 Å². The molecule has 1 aliphatic rings. The van der Waals surface area contributed by atoms with Crippen molar-refractivity contribution in [1.29, 1.82) is 0 Å². The van der Waals surface area contributed by atoms with Crippen molar-refractivity contribution in [1.82, 2.24) is 9.97 Å². The predicted molar refractivity (Wildman–Crippen MR) is 50.7 cm³/mol. The summed E-state index contributed by atoms with van der Waals surface area (Å²) in [6, 6.07) is 1.86. The van der Waals surface area contributed by atoms with Crippen molar-refractivity contribution in [2.24, 2.45) is 11.7 Å². The van der Waals surface area contributed by atoms with E-state index in [0.717, 1.165) is 18.0 Å². The van der Waals surface area contributed by atoms with Crippen molar-refractivity contribution in [2.75, 3.05) is 5.73 Å². The third-order valence-corrected chi connectivity index (χ3v) is 2.36. The molecular formula is C9H14N4. The maximum absolute atomic E-state index is 5.96. The molecule has 1 atom stereocenters. The number of nitrogens with two attached hydrogens (primary N) is 2. The first-order chi connectivity index (χ1) is 6.25. The van der Waals surface area contributed by atoms with Gasteiger partial charge < -0.3 is 11.5 Å². The van der Waals surface area contributed by atoms with Crippen molar-refractivity contribution < 1.29 is 0 Å². The molecule has 0 amide bonds. The van der Waals surface area contributed by atoms with E-state index in [-0.39, 0.29) is 6.04 Å². The van der Waals surface area contributed by atoms with Gasteiger partial charge in [-0.1, -0.05) is 12.8 Å². The minimum absolute atomic E-state index is 0.0257. The number of nitrogen functional groups attached to an aromatic ring is 1. The van der Waals surface area contributed by atoms with E-state index in [1.807, 2.05) is 6.07 Å². The number of anilines is 1. The van der Waals surface area contributed by atoms with Crippen LogP contribution in [0.4, 0.5) is 5.95 Å². The summed E-state index contributed by atoms with van der Waals surface area (Å²) < 4.78 is 0. The number of nitrogens with zero attached hydrogens (tertiary/aromatic N) is 2. The molecule has 0 saturated heterocycles. The van der Waals surface area contributed by atoms with Crippen LogP contribution in [0.2, 0.25) is 0 Å². The first-order valence-corrected chi connectivity index (χ1v) is 4.59. The first-order valence-electron chi connectivity index (χ1n) is 4.59. The molecule has 0 radical (unpaired) electrons. The van der Waals surface area contributed by atoms with Gasteiger partial charge in [0.2, 0.25) is 5.95 Å². The topological polar surface area (TPSA) is 77.8 Å². The fourth-order valence-electron chi connectivity index (χ4n) is 1.43. The summed E-state index contributed by atoms with van der Waals surface area (Å²) in [5, 5.41) is 0. The van der Waals surface area contributed by atoms with Crippen molar-refractivity contribution >= 4 is 5.95 Å². The third-order valence-electron chi connectivity index (χ3n) is 2.36. The zero-order valence-electron chi connectivity index (χ0n) is 7.48. The van der Waals surface area contributed by atoms with Gasteiger partial charge in [-0.3, -0.25) is 0 Å². The van der Waals surface area contributed by atoms with Crippen molar-refractivity contribution in [3.63, 3.8) is 0 Å². The molecule has 1 heterocycles. The van der Waals surface area contributed by atoms with Gasteiger partial charge in [-0.25, -0.2) is 9.97 Å². The van der Waals surface area contributed by atoms with E-state index in [2.05, 4.69) is 9.97 Å². The molecule has 0 aromatic carbocycles. The second-order valence-electron chi connectivity index (χ2n) is 3.63. The van der Waals surface area contributed by atoms with Crippen molar-refractivity contribution in [3.8, 4) is 0 Å². The highest BCUT2D eigenvalue weighted by molar-refractivity contribution is 5.19. The smallest absolute Gasteiger partial charge is 0.220 e. The van der Waals surface area contributed by atoms with Gasteiger partial charge in [0.25, 0.3) is 0 Å². The summed E-state index contributed by atoms with van der Waals surface area (Å²) in [5.74, 6) is 1.12. The maximum atomic E-state index is 5.96.